The lowest BCUT2D eigenvalue weighted by molar-refractivity contribution is -0.123. The number of hydrogen-bond donors (Lipinski definition) is 0. The Morgan fingerprint density at radius 2 is 1.87 bits per heavy atom. The van der Waals surface area contributed by atoms with Gasteiger partial charge in [0, 0.05) is 11.1 Å². The lowest BCUT2D eigenvalue weighted by Crippen LogP contribution is -2.27. The third-order valence-electron chi connectivity index (χ3n) is 4.50. The van der Waals surface area contributed by atoms with Crippen molar-refractivity contribution in [2.24, 2.45) is 5.92 Å². The van der Waals surface area contributed by atoms with Gasteiger partial charge in [0.15, 0.2) is 11.5 Å². The molecule has 2 aromatic rings. The number of rotatable bonds is 6. The van der Waals surface area contributed by atoms with E-state index < -0.39 is 0 Å². The predicted molar refractivity (Wildman–Crippen MR) is 116 cm³/mol. The van der Waals surface area contributed by atoms with E-state index in [0.29, 0.717) is 39.5 Å². The molecule has 0 N–H and O–H groups in total. The molecule has 2 aliphatic heterocycles. The highest BCUT2D eigenvalue weighted by molar-refractivity contribution is 8.18. The van der Waals surface area contributed by atoms with Gasteiger partial charge in [-0.25, -0.2) is 0 Å². The molecule has 0 saturated carbocycles. The van der Waals surface area contributed by atoms with Gasteiger partial charge in [-0.05, 0) is 53.1 Å². The number of hydrogen-bond acceptors (Lipinski definition) is 6. The molecule has 0 aliphatic carbocycles. The van der Waals surface area contributed by atoms with Crippen LogP contribution in [0.1, 0.15) is 25.0 Å². The van der Waals surface area contributed by atoms with Crippen molar-refractivity contribution < 1.29 is 23.8 Å². The molecular formula is C22H20ClNO5S. The van der Waals surface area contributed by atoms with Gasteiger partial charge in [0.1, 0.15) is 5.75 Å². The Kier molecular flexibility index (Phi) is 5.92. The Morgan fingerprint density at radius 3 is 2.57 bits per heavy atom. The molecule has 0 radical (unpaired) electrons. The largest absolute Gasteiger partial charge is 0.493 e. The van der Waals surface area contributed by atoms with E-state index in [1.165, 1.54) is 4.90 Å². The first-order valence-corrected chi connectivity index (χ1v) is 10.7. The van der Waals surface area contributed by atoms with Crippen LogP contribution in [0.2, 0.25) is 5.02 Å². The third kappa shape index (κ3) is 4.42. The molecule has 30 heavy (non-hydrogen) atoms. The van der Waals surface area contributed by atoms with Crippen molar-refractivity contribution in [3.63, 3.8) is 0 Å². The van der Waals surface area contributed by atoms with Gasteiger partial charge in [0.2, 0.25) is 6.79 Å². The number of imide groups is 1. The fraction of sp³-hybridized carbons (Fsp3) is 0.273. The number of nitrogens with zero attached hydrogens (tertiary/aromatic N) is 1. The normalized spacial score (nSPS) is 16.8. The number of benzene rings is 2. The van der Waals surface area contributed by atoms with E-state index >= 15 is 0 Å². The minimum absolute atomic E-state index is 0.0689. The topological polar surface area (TPSA) is 65.1 Å². The van der Waals surface area contributed by atoms with Gasteiger partial charge in [-0.15, -0.1) is 0 Å². The molecule has 4 rings (SSSR count). The summed E-state index contributed by atoms with van der Waals surface area (Å²) < 4.78 is 16.3. The van der Waals surface area contributed by atoms with E-state index in [9.17, 15) is 9.59 Å². The Labute approximate surface area is 183 Å². The molecule has 156 valence electrons. The third-order valence-corrected chi connectivity index (χ3v) is 5.76. The molecular weight excluding hydrogens is 426 g/mol. The van der Waals surface area contributed by atoms with E-state index in [1.807, 2.05) is 24.3 Å². The minimum Gasteiger partial charge on any atom is -0.493 e. The first kappa shape index (κ1) is 20.6. The number of carbonyl (C=O) groups is 2. The molecule has 1 saturated heterocycles. The van der Waals surface area contributed by atoms with Crippen molar-refractivity contribution in [1.29, 1.82) is 0 Å². The summed E-state index contributed by atoms with van der Waals surface area (Å²) in [6.07, 6.45) is 1.71. The number of halogens is 1. The maximum atomic E-state index is 12.8. The van der Waals surface area contributed by atoms with Crippen molar-refractivity contribution >= 4 is 40.6 Å². The zero-order valence-corrected chi connectivity index (χ0v) is 18.1. The summed E-state index contributed by atoms with van der Waals surface area (Å²) in [5.74, 6) is 1.97. The van der Waals surface area contributed by atoms with Crippen molar-refractivity contribution in [1.82, 2.24) is 4.90 Å². The van der Waals surface area contributed by atoms with Gasteiger partial charge in [0.05, 0.1) is 18.1 Å². The molecule has 0 bridgehead atoms. The SMILES string of the molecule is CC(C)COc1ccc(/C=C2\SC(=O)N(Cc3cc4c(cc3Cl)OCO4)C2=O)cc1. The summed E-state index contributed by atoms with van der Waals surface area (Å²) >= 11 is 7.20. The fourth-order valence-electron chi connectivity index (χ4n) is 2.96. The fourth-order valence-corrected chi connectivity index (χ4v) is 4.01. The van der Waals surface area contributed by atoms with Crippen LogP contribution in [0.15, 0.2) is 41.3 Å². The van der Waals surface area contributed by atoms with E-state index in [0.717, 1.165) is 23.1 Å². The zero-order chi connectivity index (χ0) is 21.3. The highest BCUT2D eigenvalue weighted by atomic mass is 35.5. The Morgan fingerprint density at radius 1 is 1.17 bits per heavy atom. The minimum atomic E-state index is -0.348. The van der Waals surface area contributed by atoms with Crippen LogP contribution in [-0.4, -0.2) is 29.4 Å². The number of thioether (sulfide) groups is 1. The molecule has 0 aromatic heterocycles. The zero-order valence-electron chi connectivity index (χ0n) is 16.5. The smallest absolute Gasteiger partial charge is 0.293 e. The summed E-state index contributed by atoms with van der Waals surface area (Å²) in [6.45, 7) is 5.00. The Balaban J connectivity index is 1.47. The first-order valence-electron chi connectivity index (χ1n) is 9.47. The average molecular weight is 446 g/mol. The van der Waals surface area contributed by atoms with E-state index in [4.69, 9.17) is 25.8 Å². The van der Waals surface area contributed by atoms with E-state index in [1.54, 1.807) is 18.2 Å². The first-order chi connectivity index (χ1) is 14.4. The van der Waals surface area contributed by atoms with Gasteiger partial charge in [-0.1, -0.05) is 37.6 Å². The van der Waals surface area contributed by atoms with Crippen LogP contribution in [0, 0.1) is 5.92 Å². The van der Waals surface area contributed by atoms with Crippen molar-refractivity contribution in [3.8, 4) is 17.2 Å². The maximum absolute atomic E-state index is 12.8. The average Bonchev–Trinajstić information content (AvgIpc) is 3.26. The summed E-state index contributed by atoms with van der Waals surface area (Å²) in [4.78, 5) is 26.8. The highest BCUT2D eigenvalue weighted by Gasteiger charge is 2.35. The molecule has 1 fully saturated rings. The summed E-state index contributed by atoms with van der Waals surface area (Å²) in [7, 11) is 0. The summed E-state index contributed by atoms with van der Waals surface area (Å²) in [6, 6.07) is 10.8. The second kappa shape index (κ2) is 8.62. The van der Waals surface area contributed by atoms with Gasteiger partial charge in [-0.2, -0.15) is 0 Å². The molecule has 0 unspecified atom stereocenters. The van der Waals surface area contributed by atoms with Crippen LogP contribution >= 0.6 is 23.4 Å². The van der Waals surface area contributed by atoms with Crippen molar-refractivity contribution in [3.05, 3.63) is 57.5 Å². The summed E-state index contributed by atoms with van der Waals surface area (Å²) in [5, 5.41) is 0.0798. The van der Waals surface area contributed by atoms with Crippen LogP contribution in [0.5, 0.6) is 17.2 Å². The standard InChI is InChI=1S/C22H20ClNO5S/c1-13(2)11-27-16-5-3-14(4-6-16)7-20-21(25)24(22(26)30-20)10-15-8-18-19(9-17(15)23)29-12-28-18/h3-9,13H,10-12H2,1-2H3/b20-7-. The molecule has 0 atom stereocenters. The van der Waals surface area contributed by atoms with Crippen LogP contribution in [-0.2, 0) is 11.3 Å². The highest BCUT2D eigenvalue weighted by Crippen LogP contribution is 2.39. The number of carbonyl (C=O) groups excluding carboxylic acids is 2. The van der Waals surface area contributed by atoms with Gasteiger partial charge < -0.3 is 14.2 Å². The molecule has 2 aliphatic rings. The molecule has 2 heterocycles. The van der Waals surface area contributed by atoms with Crippen molar-refractivity contribution in [2.45, 2.75) is 20.4 Å². The molecule has 2 amide bonds. The van der Waals surface area contributed by atoms with Crippen LogP contribution < -0.4 is 14.2 Å². The number of fused-ring (bicyclic) bond motifs is 1. The second-order valence-electron chi connectivity index (χ2n) is 7.34. The molecule has 2 aromatic carbocycles. The van der Waals surface area contributed by atoms with Crippen LogP contribution in [0.25, 0.3) is 6.08 Å². The molecule has 8 heteroatoms. The lowest BCUT2D eigenvalue weighted by atomic mass is 10.1. The van der Waals surface area contributed by atoms with Gasteiger partial charge >= 0.3 is 0 Å². The van der Waals surface area contributed by atoms with Crippen LogP contribution in [0.4, 0.5) is 4.79 Å². The molecule has 0 spiro atoms. The second-order valence-corrected chi connectivity index (χ2v) is 8.74. The number of ether oxygens (including phenoxy) is 3. The maximum Gasteiger partial charge on any atom is 0.293 e. The van der Waals surface area contributed by atoms with Gasteiger partial charge in [0.25, 0.3) is 11.1 Å². The Bertz CT molecular complexity index is 1020. The number of amides is 2. The van der Waals surface area contributed by atoms with E-state index in [2.05, 4.69) is 13.8 Å². The van der Waals surface area contributed by atoms with Crippen LogP contribution in [0.3, 0.4) is 0 Å². The quantitative estimate of drug-likeness (QED) is 0.559. The summed E-state index contributed by atoms with van der Waals surface area (Å²) in [5.41, 5.74) is 1.44. The lowest BCUT2D eigenvalue weighted by Gasteiger charge is -2.14. The van der Waals surface area contributed by atoms with E-state index in [-0.39, 0.29) is 24.5 Å². The monoisotopic (exact) mass is 445 g/mol. The molecule has 6 nitrogen and oxygen atoms in total. The van der Waals surface area contributed by atoms with Gasteiger partial charge in [-0.3, -0.25) is 14.5 Å². The van der Waals surface area contributed by atoms with Crippen molar-refractivity contribution in [2.75, 3.05) is 13.4 Å². The predicted octanol–water partition coefficient (Wildman–Crippen LogP) is 5.34. The Hall–Kier alpha value is -2.64.